The van der Waals surface area contributed by atoms with E-state index < -0.39 is 0 Å². The monoisotopic (exact) mass is 122 g/mol. The standard InChI is InChI=1S/C7H15O.Li/c1-3-5-7-8-6-4-2;/h6H,3-5,7H2,1-2H3;. The zero-order valence-electron chi connectivity index (χ0n) is 6.81. The summed E-state index contributed by atoms with van der Waals surface area (Å²) in [6.07, 6.45) is 3.56. The third kappa shape index (κ3) is 6.44. The molecular weight excluding hydrogens is 107 g/mol. The van der Waals surface area contributed by atoms with Crippen molar-refractivity contribution in [3.63, 3.8) is 0 Å². The topological polar surface area (TPSA) is 9.23 Å². The summed E-state index contributed by atoms with van der Waals surface area (Å²) in [6.45, 7) is 5.27. The van der Waals surface area contributed by atoms with Gasteiger partial charge in [-0.1, -0.05) is 0 Å². The molecule has 0 rings (SSSR count). The summed E-state index contributed by atoms with van der Waals surface area (Å²) in [5.74, 6) is 0. The molecule has 1 nitrogen and oxygen atoms in total. The third-order valence-corrected chi connectivity index (χ3v) is 1.48. The molecule has 0 aromatic carbocycles. The van der Waals surface area contributed by atoms with E-state index in [1.54, 1.807) is 0 Å². The second-order valence-electron chi connectivity index (χ2n) is 2.44. The Morgan fingerprint density at radius 3 is 2.56 bits per heavy atom. The van der Waals surface area contributed by atoms with E-state index in [9.17, 15) is 0 Å². The van der Waals surface area contributed by atoms with Crippen molar-refractivity contribution in [1.82, 2.24) is 0 Å². The fourth-order valence-electron chi connectivity index (χ4n) is 0.547. The molecular formula is C7H15LiO. The van der Waals surface area contributed by atoms with Crippen LogP contribution in [0.5, 0.6) is 0 Å². The summed E-state index contributed by atoms with van der Waals surface area (Å²) in [7, 11) is 0. The van der Waals surface area contributed by atoms with Gasteiger partial charge in [-0.25, -0.2) is 0 Å². The predicted octanol–water partition coefficient (Wildman–Crippen LogP) is 1.71. The van der Waals surface area contributed by atoms with Crippen LogP contribution < -0.4 is 0 Å². The number of hydrogen-bond acceptors (Lipinski definition) is 1. The van der Waals surface area contributed by atoms with Gasteiger partial charge in [0.25, 0.3) is 0 Å². The summed E-state index contributed by atoms with van der Waals surface area (Å²) in [5, 5.41) is 0. The molecule has 50 valence electrons. The van der Waals surface area contributed by atoms with Gasteiger partial charge in [0.1, 0.15) is 0 Å². The summed E-state index contributed by atoms with van der Waals surface area (Å²) in [6, 6.07) is 0. The second-order valence-corrected chi connectivity index (χ2v) is 2.44. The van der Waals surface area contributed by atoms with E-state index in [0.717, 1.165) is 13.0 Å². The van der Waals surface area contributed by atoms with Crippen LogP contribution in [0.4, 0.5) is 0 Å². The summed E-state index contributed by atoms with van der Waals surface area (Å²) >= 11 is 2.12. The van der Waals surface area contributed by atoms with Crippen molar-refractivity contribution in [1.29, 1.82) is 0 Å². The van der Waals surface area contributed by atoms with Gasteiger partial charge in [-0.15, -0.1) is 0 Å². The van der Waals surface area contributed by atoms with Crippen molar-refractivity contribution >= 4 is 17.7 Å². The molecule has 1 atom stereocenters. The molecule has 2 heteroatoms. The average Bonchev–Trinajstić information content (AvgIpc) is 1.89. The van der Waals surface area contributed by atoms with Crippen LogP contribution in [0, 0.1) is 0 Å². The average molecular weight is 122 g/mol. The zero-order chi connectivity index (χ0) is 7.11. The molecule has 0 radical (unpaired) electrons. The summed E-state index contributed by atoms with van der Waals surface area (Å²) in [5.41, 5.74) is 0. The Balaban J connectivity index is 2.88. The molecule has 9 heavy (non-hydrogen) atoms. The van der Waals surface area contributed by atoms with E-state index in [1.165, 1.54) is 12.8 Å². The molecule has 0 aromatic heterocycles. The molecule has 0 aliphatic heterocycles. The minimum absolute atomic E-state index is 0.455. The van der Waals surface area contributed by atoms with Crippen LogP contribution in [0.2, 0.25) is 0 Å². The van der Waals surface area contributed by atoms with Crippen molar-refractivity contribution in [2.75, 3.05) is 6.61 Å². The Bertz CT molecular complexity index is 56.9. The fourth-order valence-corrected chi connectivity index (χ4v) is 0.547. The van der Waals surface area contributed by atoms with Crippen LogP contribution in [-0.2, 0) is 4.74 Å². The van der Waals surface area contributed by atoms with Gasteiger partial charge in [0, 0.05) is 0 Å². The minimum atomic E-state index is 0.455. The van der Waals surface area contributed by atoms with Gasteiger partial charge < -0.3 is 0 Å². The fraction of sp³-hybridized carbons (Fsp3) is 1.00. The van der Waals surface area contributed by atoms with Crippen LogP contribution in [0.1, 0.15) is 33.1 Å². The molecule has 0 saturated heterocycles. The van der Waals surface area contributed by atoms with E-state index in [4.69, 9.17) is 4.74 Å². The molecule has 0 aliphatic rings. The van der Waals surface area contributed by atoms with Gasteiger partial charge in [0.2, 0.25) is 0 Å². The van der Waals surface area contributed by atoms with E-state index >= 15 is 0 Å². The first-order valence-corrected chi connectivity index (χ1v) is 3.92. The van der Waals surface area contributed by atoms with E-state index in [1.807, 2.05) is 0 Å². The molecule has 0 heterocycles. The molecule has 1 unspecified atom stereocenters. The van der Waals surface area contributed by atoms with E-state index in [-0.39, 0.29) is 0 Å². The number of hydrogen-bond donors (Lipinski definition) is 0. The number of unbranched alkanes of at least 4 members (excludes halogenated alkanes) is 1. The summed E-state index contributed by atoms with van der Waals surface area (Å²) in [4.78, 5) is 0. The van der Waals surface area contributed by atoms with Crippen molar-refractivity contribution in [2.45, 2.75) is 37.9 Å². The van der Waals surface area contributed by atoms with Crippen LogP contribution in [0.3, 0.4) is 0 Å². The Morgan fingerprint density at radius 1 is 1.44 bits per heavy atom. The SMILES string of the molecule is [Li][CH](CC)OCCCC. The van der Waals surface area contributed by atoms with Crippen molar-refractivity contribution in [3.8, 4) is 0 Å². The molecule has 0 aliphatic carbocycles. The van der Waals surface area contributed by atoms with Crippen LogP contribution in [0.15, 0.2) is 0 Å². The van der Waals surface area contributed by atoms with Gasteiger partial charge in [0.05, 0.1) is 0 Å². The normalized spacial score (nSPS) is 13.8. The van der Waals surface area contributed by atoms with E-state index in [2.05, 4.69) is 31.6 Å². The summed E-state index contributed by atoms with van der Waals surface area (Å²) < 4.78 is 5.89. The van der Waals surface area contributed by atoms with Gasteiger partial charge in [-0.2, -0.15) is 0 Å². The van der Waals surface area contributed by atoms with Gasteiger partial charge >= 0.3 is 66.9 Å². The first-order chi connectivity index (χ1) is 4.31. The Labute approximate surface area is 67.4 Å². The molecule has 0 bridgehead atoms. The quantitative estimate of drug-likeness (QED) is 0.398. The van der Waals surface area contributed by atoms with Crippen molar-refractivity contribution in [2.24, 2.45) is 0 Å². The number of ether oxygens (including phenoxy) is 1. The Morgan fingerprint density at radius 2 is 2.11 bits per heavy atom. The predicted molar refractivity (Wildman–Crippen MR) is 40.7 cm³/mol. The molecule has 0 N–H and O–H groups in total. The molecule has 0 amide bonds. The van der Waals surface area contributed by atoms with Crippen LogP contribution in [-0.4, -0.2) is 29.1 Å². The van der Waals surface area contributed by atoms with Crippen LogP contribution in [0.25, 0.3) is 0 Å². The molecule has 0 fully saturated rings. The first-order valence-electron chi connectivity index (χ1n) is 3.92. The molecule has 0 spiro atoms. The first kappa shape index (κ1) is 9.56. The van der Waals surface area contributed by atoms with Gasteiger partial charge in [-0.3, -0.25) is 0 Å². The maximum absolute atomic E-state index is 5.43. The van der Waals surface area contributed by atoms with Crippen LogP contribution >= 0.6 is 0 Å². The second kappa shape index (κ2) is 6.67. The third-order valence-electron chi connectivity index (χ3n) is 1.48. The maximum atomic E-state index is 5.43. The van der Waals surface area contributed by atoms with E-state index in [0.29, 0.717) is 4.78 Å². The van der Waals surface area contributed by atoms with Crippen molar-refractivity contribution in [3.05, 3.63) is 0 Å². The number of rotatable bonds is 5. The molecule has 0 saturated carbocycles. The molecule has 0 aromatic rings. The Kier molecular flexibility index (Phi) is 7.09. The zero-order valence-corrected chi connectivity index (χ0v) is 6.81. The Hall–Kier alpha value is 0.557. The van der Waals surface area contributed by atoms with Crippen molar-refractivity contribution < 1.29 is 4.74 Å². The van der Waals surface area contributed by atoms with Gasteiger partial charge in [-0.05, 0) is 0 Å². The van der Waals surface area contributed by atoms with Gasteiger partial charge in [0.15, 0.2) is 0 Å².